The van der Waals surface area contributed by atoms with Crippen molar-refractivity contribution in [1.29, 1.82) is 0 Å². The van der Waals surface area contributed by atoms with E-state index in [-0.39, 0.29) is 11.3 Å². The molecule has 1 amide bonds. The van der Waals surface area contributed by atoms with Gasteiger partial charge in [-0.25, -0.2) is 10.1 Å². The van der Waals surface area contributed by atoms with Crippen molar-refractivity contribution in [3.63, 3.8) is 0 Å². The molecule has 0 spiro atoms. The molecule has 0 atom stereocenters. The number of carbonyl (C=O) groups excluding carboxylic acids is 1. The first kappa shape index (κ1) is 18.4. The van der Waals surface area contributed by atoms with Gasteiger partial charge in [0.25, 0.3) is 11.5 Å². The van der Waals surface area contributed by atoms with Gasteiger partial charge in [0.15, 0.2) is 5.69 Å². The summed E-state index contributed by atoms with van der Waals surface area (Å²) in [4.78, 5) is 28.1. The summed E-state index contributed by atoms with van der Waals surface area (Å²) in [7, 11) is 1.53. The molecule has 0 aliphatic carbocycles. The molecule has 3 aromatic rings. The number of fused-ring (bicyclic) bond motifs is 1. The molecule has 2 aromatic heterocycles. The van der Waals surface area contributed by atoms with Crippen LogP contribution in [0.15, 0.2) is 46.3 Å². The maximum absolute atomic E-state index is 12.6. The van der Waals surface area contributed by atoms with Crippen LogP contribution >= 0.6 is 11.3 Å². The van der Waals surface area contributed by atoms with Crippen LogP contribution in [-0.2, 0) is 7.05 Å². The third kappa shape index (κ3) is 3.68. The van der Waals surface area contributed by atoms with E-state index in [4.69, 9.17) is 0 Å². The third-order valence-corrected chi connectivity index (χ3v) is 5.89. The maximum Gasteiger partial charge on any atom is 0.292 e. The van der Waals surface area contributed by atoms with Crippen LogP contribution in [0.3, 0.4) is 0 Å². The molecule has 28 heavy (non-hydrogen) atoms. The standard InChI is InChI=1S/C20H21N5O2S/c1-24-20(27)16-8-4-3-7-15(16)18(23-24)19(26)22-21-13-14-9-10-17(28-14)25-11-5-2-6-12-25/h3-4,7-10,13H,2,5-6,11-12H2,1H3,(H,22,26)/b21-13-. The van der Waals surface area contributed by atoms with Crippen molar-refractivity contribution in [2.45, 2.75) is 19.3 Å². The summed E-state index contributed by atoms with van der Waals surface area (Å²) in [6, 6.07) is 11.0. The van der Waals surface area contributed by atoms with Crippen molar-refractivity contribution < 1.29 is 4.79 Å². The fourth-order valence-electron chi connectivity index (χ4n) is 3.37. The third-order valence-electron chi connectivity index (χ3n) is 4.81. The molecule has 1 saturated heterocycles. The van der Waals surface area contributed by atoms with Gasteiger partial charge in [0.1, 0.15) is 0 Å². The van der Waals surface area contributed by atoms with E-state index in [0.29, 0.717) is 10.8 Å². The van der Waals surface area contributed by atoms with E-state index in [1.165, 1.54) is 36.0 Å². The van der Waals surface area contributed by atoms with Gasteiger partial charge < -0.3 is 4.90 Å². The van der Waals surface area contributed by atoms with Crippen LogP contribution in [0.25, 0.3) is 10.8 Å². The van der Waals surface area contributed by atoms with Gasteiger partial charge in [0.05, 0.1) is 16.6 Å². The van der Waals surface area contributed by atoms with Gasteiger partial charge in [0.2, 0.25) is 0 Å². The van der Waals surface area contributed by atoms with Crippen LogP contribution in [0.5, 0.6) is 0 Å². The van der Waals surface area contributed by atoms with Crippen molar-refractivity contribution in [3.05, 3.63) is 57.3 Å². The maximum atomic E-state index is 12.6. The number of hydrazone groups is 1. The smallest absolute Gasteiger partial charge is 0.292 e. The van der Waals surface area contributed by atoms with Crippen LogP contribution in [0.2, 0.25) is 0 Å². The van der Waals surface area contributed by atoms with Crippen molar-refractivity contribution >= 4 is 39.2 Å². The lowest BCUT2D eigenvalue weighted by Crippen LogP contribution is -2.28. The Kier molecular flexibility index (Phi) is 5.21. The Labute approximate surface area is 166 Å². The topological polar surface area (TPSA) is 79.6 Å². The predicted molar refractivity (Wildman–Crippen MR) is 112 cm³/mol. The summed E-state index contributed by atoms with van der Waals surface area (Å²) < 4.78 is 1.17. The monoisotopic (exact) mass is 395 g/mol. The molecule has 0 radical (unpaired) electrons. The zero-order valence-corrected chi connectivity index (χ0v) is 16.4. The van der Waals surface area contributed by atoms with Crippen molar-refractivity contribution in [2.24, 2.45) is 12.1 Å². The summed E-state index contributed by atoms with van der Waals surface area (Å²) in [5, 5.41) is 10.4. The minimum absolute atomic E-state index is 0.176. The molecule has 1 N–H and O–H groups in total. The molecule has 1 aliphatic rings. The lowest BCUT2D eigenvalue weighted by atomic mass is 10.1. The predicted octanol–water partition coefficient (Wildman–Crippen LogP) is 2.75. The van der Waals surface area contributed by atoms with Crippen molar-refractivity contribution in [1.82, 2.24) is 15.2 Å². The van der Waals surface area contributed by atoms with Gasteiger partial charge in [-0.2, -0.15) is 10.2 Å². The fourth-order valence-corrected chi connectivity index (χ4v) is 4.30. The molecule has 1 fully saturated rings. The van der Waals surface area contributed by atoms with E-state index in [0.717, 1.165) is 18.0 Å². The van der Waals surface area contributed by atoms with Crippen LogP contribution in [0.4, 0.5) is 5.00 Å². The van der Waals surface area contributed by atoms with Crippen LogP contribution in [0.1, 0.15) is 34.6 Å². The first-order valence-electron chi connectivity index (χ1n) is 9.28. The summed E-state index contributed by atoms with van der Waals surface area (Å²) in [6.45, 7) is 2.19. The number of amides is 1. The molecule has 4 rings (SSSR count). The van der Waals surface area contributed by atoms with E-state index in [1.807, 2.05) is 6.07 Å². The van der Waals surface area contributed by atoms with Crippen molar-refractivity contribution in [3.8, 4) is 0 Å². The Morgan fingerprint density at radius 2 is 1.89 bits per heavy atom. The zero-order valence-electron chi connectivity index (χ0n) is 15.6. The minimum Gasteiger partial charge on any atom is -0.363 e. The molecule has 144 valence electrons. The van der Waals surface area contributed by atoms with Gasteiger partial charge in [0, 0.05) is 30.4 Å². The molecule has 1 aromatic carbocycles. The number of anilines is 1. The average molecular weight is 395 g/mol. The quantitative estimate of drug-likeness (QED) is 0.544. The number of hydrogen-bond acceptors (Lipinski definition) is 6. The molecular weight excluding hydrogens is 374 g/mol. The number of nitrogens with zero attached hydrogens (tertiary/aromatic N) is 4. The molecule has 8 heteroatoms. The van der Waals surface area contributed by atoms with Gasteiger partial charge in [-0.05, 0) is 37.5 Å². The molecule has 0 bridgehead atoms. The zero-order chi connectivity index (χ0) is 19.5. The fraction of sp³-hybridized carbons (Fsp3) is 0.300. The number of nitrogens with one attached hydrogen (secondary N) is 1. The summed E-state index contributed by atoms with van der Waals surface area (Å²) in [5.74, 6) is -0.448. The Morgan fingerprint density at radius 3 is 2.68 bits per heavy atom. The van der Waals surface area contributed by atoms with Gasteiger partial charge in [-0.15, -0.1) is 11.3 Å². The van der Waals surface area contributed by atoms with Crippen LogP contribution in [0, 0.1) is 0 Å². The van der Waals surface area contributed by atoms with E-state index < -0.39 is 5.91 Å². The second kappa shape index (κ2) is 7.93. The lowest BCUT2D eigenvalue weighted by molar-refractivity contribution is 0.0950. The number of carbonyl (C=O) groups is 1. The number of aryl methyl sites for hydroxylation is 1. The van der Waals surface area contributed by atoms with E-state index in [9.17, 15) is 9.59 Å². The highest BCUT2D eigenvalue weighted by atomic mass is 32.1. The van der Waals surface area contributed by atoms with Crippen molar-refractivity contribution in [2.75, 3.05) is 18.0 Å². The summed E-state index contributed by atoms with van der Waals surface area (Å²) >= 11 is 1.66. The highest BCUT2D eigenvalue weighted by molar-refractivity contribution is 7.17. The van der Waals surface area contributed by atoms with Crippen LogP contribution in [-0.4, -0.2) is 35.0 Å². The molecular formula is C20H21N5O2S. The first-order chi connectivity index (χ1) is 13.6. The number of benzene rings is 1. The highest BCUT2D eigenvalue weighted by Gasteiger charge is 2.15. The number of aromatic nitrogens is 2. The van der Waals surface area contributed by atoms with Gasteiger partial charge in [-0.3, -0.25) is 9.59 Å². The normalized spacial score (nSPS) is 14.7. The SMILES string of the molecule is Cn1nc(C(=O)N/N=C\c2ccc(N3CCCCC3)s2)c2ccccc2c1=O. The second-order valence-electron chi connectivity index (χ2n) is 6.75. The lowest BCUT2D eigenvalue weighted by Gasteiger charge is -2.27. The first-order valence-corrected chi connectivity index (χ1v) is 10.1. The Bertz CT molecular complexity index is 1100. The second-order valence-corrected chi connectivity index (χ2v) is 7.84. The van der Waals surface area contributed by atoms with Gasteiger partial charge in [-0.1, -0.05) is 18.2 Å². The molecule has 7 nitrogen and oxygen atoms in total. The summed E-state index contributed by atoms with van der Waals surface area (Å²) in [5.41, 5.74) is 2.46. The minimum atomic E-state index is -0.448. The number of rotatable bonds is 4. The summed E-state index contributed by atoms with van der Waals surface area (Å²) in [6.07, 6.45) is 5.41. The Morgan fingerprint density at radius 1 is 1.14 bits per heavy atom. The van der Waals surface area contributed by atoms with E-state index in [2.05, 4.69) is 26.6 Å². The Hall–Kier alpha value is -3.00. The molecule has 0 unspecified atom stereocenters. The Balaban J connectivity index is 1.49. The van der Waals surface area contributed by atoms with Crippen LogP contribution < -0.4 is 15.9 Å². The van der Waals surface area contributed by atoms with Gasteiger partial charge >= 0.3 is 0 Å². The average Bonchev–Trinajstić information content (AvgIpc) is 3.20. The number of piperidine rings is 1. The van der Waals surface area contributed by atoms with E-state index >= 15 is 0 Å². The largest absolute Gasteiger partial charge is 0.363 e. The van der Waals surface area contributed by atoms with E-state index in [1.54, 1.807) is 41.8 Å². The number of thiophene rings is 1. The highest BCUT2D eigenvalue weighted by Crippen LogP contribution is 2.27. The number of hydrogen-bond donors (Lipinski definition) is 1. The molecule has 0 saturated carbocycles. The molecule has 1 aliphatic heterocycles. The molecule has 3 heterocycles.